The molecule has 1 amide bonds. The Morgan fingerprint density at radius 3 is 2.93 bits per heavy atom. The zero-order valence-corrected chi connectivity index (χ0v) is 15.5. The Morgan fingerprint density at radius 2 is 2.11 bits per heavy atom. The van der Waals surface area contributed by atoms with Gasteiger partial charge in [0.15, 0.2) is 5.69 Å². The molecule has 140 valence electrons. The summed E-state index contributed by atoms with van der Waals surface area (Å²) in [5, 5.41) is 3.82. The van der Waals surface area contributed by atoms with E-state index in [9.17, 15) is 9.59 Å². The summed E-state index contributed by atoms with van der Waals surface area (Å²) >= 11 is 0. The molecular weight excluding hydrogens is 352 g/mol. The maximum atomic E-state index is 12.8. The number of imidazole rings is 1. The van der Waals surface area contributed by atoms with Crippen LogP contribution in [-0.4, -0.2) is 20.3 Å². The van der Waals surface area contributed by atoms with Crippen LogP contribution in [0.15, 0.2) is 53.5 Å². The molecule has 3 heterocycles. The van der Waals surface area contributed by atoms with Gasteiger partial charge in [-0.05, 0) is 55.5 Å². The van der Waals surface area contributed by atoms with Crippen LogP contribution in [0.3, 0.4) is 0 Å². The van der Waals surface area contributed by atoms with E-state index in [2.05, 4.69) is 15.3 Å². The van der Waals surface area contributed by atoms with Crippen molar-refractivity contribution < 1.29 is 4.79 Å². The smallest absolute Gasteiger partial charge is 0.272 e. The summed E-state index contributed by atoms with van der Waals surface area (Å²) in [6.07, 6.45) is 4.17. The molecule has 1 aliphatic rings. The average molecular weight is 372 g/mol. The van der Waals surface area contributed by atoms with Crippen LogP contribution in [0, 0.1) is 6.92 Å². The maximum absolute atomic E-state index is 12.8. The molecule has 5 rings (SSSR count). The van der Waals surface area contributed by atoms with E-state index in [1.807, 2.05) is 60.0 Å². The van der Waals surface area contributed by atoms with Crippen LogP contribution < -0.4 is 10.9 Å². The average Bonchev–Trinajstić information content (AvgIpc) is 3.46. The van der Waals surface area contributed by atoms with Crippen molar-refractivity contribution >= 4 is 22.3 Å². The van der Waals surface area contributed by atoms with E-state index in [-0.39, 0.29) is 18.0 Å². The number of aromatic amines is 1. The minimum absolute atomic E-state index is 0.155. The van der Waals surface area contributed by atoms with Crippen molar-refractivity contribution in [1.29, 1.82) is 0 Å². The number of pyridine rings is 2. The fourth-order valence-corrected chi connectivity index (χ4v) is 3.62. The van der Waals surface area contributed by atoms with Gasteiger partial charge in [-0.2, -0.15) is 0 Å². The number of carbonyl (C=O) groups excluding carboxylic acids is 1. The van der Waals surface area contributed by atoms with Gasteiger partial charge in [-0.15, -0.1) is 0 Å². The minimum Gasteiger partial charge on any atom is -0.346 e. The number of aryl methyl sites for hydroxylation is 1. The summed E-state index contributed by atoms with van der Waals surface area (Å²) in [6, 6.07) is 13.5. The lowest BCUT2D eigenvalue weighted by Gasteiger charge is -2.06. The Morgan fingerprint density at radius 1 is 1.25 bits per heavy atom. The number of hydrogen-bond acceptors (Lipinski definition) is 3. The van der Waals surface area contributed by atoms with Gasteiger partial charge in [-0.1, -0.05) is 17.7 Å². The third-order valence-corrected chi connectivity index (χ3v) is 5.25. The molecule has 1 aliphatic carbocycles. The normalized spacial score (nSPS) is 13.9. The van der Waals surface area contributed by atoms with Crippen molar-refractivity contribution in [2.24, 2.45) is 0 Å². The summed E-state index contributed by atoms with van der Waals surface area (Å²) < 4.78 is 2.00. The van der Waals surface area contributed by atoms with Gasteiger partial charge < -0.3 is 14.7 Å². The molecule has 6 nitrogen and oxygen atoms in total. The maximum Gasteiger partial charge on any atom is 0.272 e. The lowest BCUT2D eigenvalue weighted by Crippen LogP contribution is -2.27. The first-order valence-electron chi connectivity index (χ1n) is 9.48. The molecule has 2 N–H and O–H groups in total. The van der Waals surface area contributed by atoms with Crippen LogP contribution >= 0.6 is 0 Å². The van der Waals surface area contributed by atoms with E-state index in [4.69, 9.17) is 0 Å². The standard InChI is InChI=1S/C22H20N4O2/c1-13-5-8-17-15(10-13)11-16(21(27)24-17)12-23-22(28)19-18-4-2-3-9-26(18)20(25-19)14-6-7-14/h2-5,8-11,14H,6-7,12H2,1H3,(H,23,28)(H,24,27). The van der Waals surface area contributed by atoms with E-state index >= 15 is 0 Å². The second kappa shape index (κ2) is 6.34. The number of nitrogens with one attached hydrogen (secondary N) is 2. The van der Waals surface area contributed by atoms with Gasteiger partial charge in [0.2, 0.25) is 0 Å². The summed E-state index contributed by atoms with van der Waals surface area (Å²) in [4.78, 5) is 32.7. The zero-order valence-electron chi connectivity index (χ0n) is 15.5. The number of H-pyrrole nitrogens is 1. The summed E-state index contributed by atoms with van der Waals surface area (Å²) in [5.74, 6) is 1.11. The van der Waals surface area contributed by atoms with Crippen molar-refractivity contribution in [3.8, 4) is 0 Å². The third-order valence-electron chi connectivity index (χ3n) is 5.25. The van der Waals surface area contributed by atoms with Gasteiger partial charge in [-0.3, -0.25) is 9.59 Å². The zero-order chi connectivity index (χ0) is 19.3. The summed E-state index contributed by atoms with van der Waals surface area (Å²) in [6.45, 7) is 2.16. The van der Waals surface area contributed by atoms with Crippen LogP contribution in [0.25, 0.3) is 16.4 Å². The van der Waals surface area contributed by atoms with Crippen LogP contribution in [-0.2, 0) is 6.54 Å². The second-order valence-electron chi connectivity index (χ2n) is 7.45. The van der Waals surface area contributed by atoms with Crippen LogP contribution in [0.4, 0.5) is 0 Å². The van der Waals surface area contributed by atoms with Crippen molar-refractivity contribution in [2.45, 2.75) is 32.2 Å². The largest absolute Gasteiger partial charge is 0.346 e. The molecule has 0 atom stereocenters. The van der Waals surface area contributed by atoms with Gasteiger partial charge in [0.25, 0.3) is 11.5 Å². The molecule has 1 fully saturated rings. The molecule has 3 aromatic heterocycles. The van der Waals surface area contributed by atoms with Crippen molar-refractivity contribution in [3.63, 3.8) is 0 Å². The number of rotatable bonds is 4. The Hall–Kier alpha value is -3.41. The Balaban J connectivity index is 1.44. The number of aromatic nitrogens is 3. The molecule has 0 bridgehead atoms. The molecule has 6 heteroatoms. The van der Waals surface area contributed by atoms with Crippen molar-refractivity contribution in [2.75, 3.05) is 0 Å². The molecule has 28 heavy (non-hydrogen) atoms. The topological polar surface area (TPSA) is 79.3 Å². The molecule has 1 aromatic carbocycles. The molecule has 0 aliphatic heterocycles. The first kappa shape index (κ1) is 16.7. The molecule has 4 aromatic rings. The SMILES string of the molecule is Cc1ccc2[nH]c(=O)c(CNC(=O)c3nc(C4CC4)n4ccccc34)cc2c1. The highest BCUT2D eigenvalue weighted by Crippen LogP contribution is 2.39. The van der Waals surface area contributed by atoms with Gasteiger partial charge in [0.1, 0.15) is 5.82 Å². The summed E-state index contributed by atoms with van der Waals surface area (Å²) in [5.41, 5.74) is 3.45. The van der Waals surface area contributed by atoms with E-state index in [0.29, 0.717) is 17.2 Å². The Bertz CT molecular complexity index is 1280. The summed E-state index contributed by atoms with van der Waals surface area (Å²) in [7, 11) is 0. The lowest BCUT2D eigenvalue weighted by molar-refractivity contribution is 0.0948. The molecular formula is C22H20N4O2. The van der Waals surface area contributed by atoms with Gasteiger partial charge in [0, 0.05) is 29.7 Å². The third kappa shape index (κ3) is 2.87. The van der Waals surface area contributed by atoms with Crippen LogP contribution in [0.5, 0.6) is 0 Å². The number of amides is 1. The number of benzene rings is 1. The van der Waals surface area contributed by atoms with Gasteiger partial charge >= 0.3 is 0 Å². The predicted octanol–water partition coefficient (Wildman–Crippen LogP) is 3.29. The highest BCUT2D eigenvalue weighted by atomic mass is 16.2. The quantitative estimate of drug-likeness (QED) is 0.577. The highest BCUT2D eigenvalue weighted by molar-refractivity contribution is 5.99. The number of hydrogen-bond donors (Lipinski definition) is 2. The fraction of sp³-hybridized carbons (Fsp3) is 0.227. The first-order valence-corrected chi connectivity index (χ1v) is 9.48. The first-order chi connectivity index (χ1) is 13.6. The molecule has 0 radical (unpaired) electrons. The van der Waals surface area contributed by atoms with Crippen LogP contribution in [0.2, 0.25) is 0 Å². The number of carbonyl (C=O) groups is 1. The van der Waals surface area contributed by atoms with E-state index in [0.717, 1.165) is 40.6 Å². The minimum atomic E-state index is -0.265. The number of nitrogens with zero attached hydrogens (tertiary/aromatic N) is 2. The van der Waals surface area contributed by atoms with E-state index in [1.54, 1.807) is 0 Å². The molecule has 1 saturated carbocycles. The highest BCUT2D eigenvalue weighted by Gasteiger charge is 2.30. The fourth-order valence-electron chi connectivity index (χ4n) is 3.62. The van der Waals surface area contributed by atoms with Crippen molar-refractivity contribution in [3.05, 3.63) is 81.7 Å². The number of fused-ring (bicyclic) bond motifs is 2. The van der Waals surface area contributed by atoms with Gasteiger partial charge in [0.05, 0.1) is 5.52 Å². The monoisotopic (exact) mass is 372 g/mol. The van der Waals surface area contributed by atoms with E-state index in [1.165, 1.54) is 0 Å². The Kier molecular flexibility index (Phi) is 3.79. The van der Waals surface area contributed by atoms with Crippen molar-refractivity contribution in [1.82, 2.24) is 19.7 Å². The lowest BCUT2D eigenvalue weighted by atomic mass is 10.1. The van der Waals surface area contributed by atoms with E-state index < -0.39 is 0 Å². The second-order valence-corrected chi connectivity index (χ2v) is 7.45. The molecule has 0 unspecified atom stereocenters. The Labute approximate surface area is 161 Å². The predicted molar refractivity (Wildman–Crippen MR) is 108 cm³/mol. The molecule has 0 saturated heterocycles. The van der Waals surface area contributed by atoms with Gasteiger partial charge in [-0.25, -0.2) is 4.98 Å². The van der Waals surface area contributed by atoms with Crippen LogP contribution in [0.1, 0.15) is 46.2 Å². The molecule has 0 spiro atoms.